The molecule has 3 heteroatoms. The highest BCUT2D eigenvalue weighted by molar-refractivity contribution is 5.81. The molecule has 70 valence electrons. The lowest BCUT2D eigenvalue weighted by Gasteiger charge is -2.16. The van der Waals surface area contributed by atoms with Crippen LogP contribution in [0.1, 0.15) is 41.2 Å². The van der Waals surface area contributed by atoms with Gasteiger partial charge in [-0.25, -0.2) is 0 Å². The number of amides is 1. The molecule has 0 aromatic rings. The third-order valence-corrected chi connectivity index (χ3v) is 1.97. The highest BCUT2D eigenvalue weighted by atomic mass is 16.3. The second kappa shape index (κ2) is 3.44. The van der Waals surface area contributed by atoms with Crippen molar-refractivity contribution < 1.29 is 18.1 Å². The third kappa shape index (κ3) is 2.21. The number of carbonyl (C=O) groups excluding carboxylic acids is 1. The molecule has 0 spiro atoms. The molecular formula is C9H17NO2. The van der Waals surface area contributed by atoms with E-state index in [1.807, 2.05) is 0 Å². The molecule has 1 saturated heterocycles. The molecule has 0 aromatic heterocycles. The van der Waals surface area contributed by atoms with Gasteiger partial charge in [0.25, 0.3) is 0 Å². The lowest BCUT2D eigenvalue weighted by atomic mass is 9.93. The minimum absolute atomic E-state index is 0.113. The minimum atomic E-state index is -2.79. The van der Waals surface area contributed by atoms with Crippen molar-refractivity contribution in [2.45, 2.75) is 38.5 Å². The van der Waals surface area contributed by atoms with E-state index in [-0.39, 0.29) is 19.4 Å². The molecule has 1 heterocycles. The molecule has 0 saturated carbocycles. The Morgan fingerprint density at radius 1 is 1.83 bits per heavy atom. The molecule has 1 fully saturated rings. The van der Waals surface area contributed by atoms with Crippen molar-refractivity contribution in [1.82, 2.24) is 5.32 Å². The van der Waals surface area contributed by atoms with Gasteiger partial charge in [0.05, 0.1) is 0 Å². The second-order valence-electron chi connectivity index (χ2n) is 3.16. The summed E-state index contributed by atoms with van der Waals surface area (Å²) in [7, 11) is 0. The smallest absolute Gasteiger partial charge is 0.223 e. The first-order chi connectivity index (χ1) is 8.05. The Hall–Kier alpha value is -0.570. The number of rotatable bonds is 3. The Morgan fingerprint density at radius 3 is 3.08 bits per heavy atom. The molecule has 1 aliphatic heterocycles. The van der Waals surface area contributed by atoms with E-state index in [0.717, 1.165) is 0 Å². The van der Waals surface area contributed by atoms with Crippen LogP contribution in [0.25, 0.3) is 0 Å². The van der Waals surface area contributed by atoms with E-state index < -0.39 is 31.1 Å². The van der Waals surface area contributed by atoms with Crippen LogP contribution >= 0.6 is 0 Å². The Balaban J connectivity index is 3.01. The van der Waals surface area contributed by atoms with E-state index in [9.17, 15) is 4.79 Å². The summed E-state index contributed by atoms with van der Waals surface area (Å²) in [4.78, 5) is 11.7. The zero-order valence-electron chi connectivity index (χ0n) is 12.8. The number of aliphatic hydroxyl groups is 1. The zero-order valence-corrected chi connectivity index (χ0v) is 6.76. The second-order valence-corrected chi connectivity index (χ2v) is 3.16. The van der Waals surface area contributed by atoms with Crippen LogP contribution in [0.4, 0.5) is 0 Å². The van der Waals surface area contributed by atoms with Gasteiger partial charge in [-0.2, -0.15) is 0 Å². The van der Waals surface area contributed by atoms with Gasteiger partial charge in [0.1, 0.15) is 0 Å². The first kappa shape index (κ1) is 4.09. The maximum atomic E-state index is 11.7. The number of nitrogens with one attached hydrogen (secondary N) is 1. The molecular weight excluding hydrogens is 154 g/mol. The third-order valence-electron chi connectivity index (χ3n) is 1.97. The average Bonchev–Trinajstić information content (AvgIpc) is 2.52. The predicted octanol–water partition coefficient (Wildman–Crippen LogP) is 0.674. The normalized spacial score (nSPS) is 36.8. The SMILES string of the molecule is [2H]C([2H])([2H])C1(C([2H])([2H])[2H])CC(CCCO)C(=O)N1. The van der Waals surface area contributed by atoms with Crippen molar-refractivity contribution in [2.24, 2.45) is 5.92 Å². The van der Waals surface area contributed by atoms with E-state index in [0.29, 0.717) is 6.42 Å². The lowest BCUT2D eigenvalue weighted by molar-refractivity contribution is -0.123. The molecule has 1 rings (SSSR count). The van der Waals surface area contributed by atoms with Crippen LogP contribution in [0, 0.1) is 5.92 Å². The Kier molecular flexibility index (Phi) is 1.17. The van der Waals surface area contributed by atoms with Crippen LogP contribution in [0.15, 0.2) is 0 Å². The van der Waals surface area contributed by atoms with Crippen molar-refractivity contribution in [3.63, 3.8) is 0 Å². The zero-order chi connectivity index (χ0) is 14.2. The fraction of sp³-hybridized carbons (Fsp3) is 0.889. The van der Waals surface area contributed by atoms with Gasteiger partial charge in [0.15, 0.2) is 0 Å². The monoisotopic (exact) mass is 177 g/mol. The Bertz CT molecular complexity index is 310. The van der Waals surface area contributed by atoms with Gasteiger partial charge in [0, 0.05) is 26.3 Å². The minimum Gasteiger partial charge on any atom is -0.396 e. The number of hydrogen-bond acceptors (Lipinski definition) is 2. The van der Waals surface area contributed by atoms with Gasteiger partial charge in [0.2, 0.25) is 5.91 Å². The maximum absolute atomic E-state index is 11.7. The van der Waals surface area contributed by atoms with Gasteiger partial charge in [-0.1, -0.05) is 0 Å². The highest BCUT2D eigenvalue weighted by Crippen LogP contribution is 2.27. The van der Waals surface area contributed by atoms with Gasteiger partial charge in [-0.3, -0.25) is 4.79 Å². The summed E-state index contributed by atoms with van der Waals surface area (Å²) in [6.07, 6.45) is 0.380. The van der Waals surface area contributed by atoms with Crippen LogP contribution in [0.2, 0.25) is 0 Å². The van der Waals surface area contributed by atoms with E-state index in [4.69, 9.17) is 13.3 Å². The van der Waals surface area contributed by atoms with E-state index >= 15 is 0 Å². The summed E-state index contributed by atoms with van der Waals surface area (Å²) < 4.78 is 44.4. The van der Waals surface area contributed by atoms with Crippen molar-refractivity contribution in [2.75, 3.05) is 6.61 Å². The molecule has 0 bridgehead atoms. The molecule has 1 amide bonds. The van der Waals surface area contributed by atoms with Crippen LogP contribution in [-0.2, 0) is 4.79 Å². The average molecular weight is 177 g/mol. The molecule has 0 aromatic carbocycles. The van der Waals surface area contributed by atoms with Gasteiger partial charge < -0.3 is 10.4 Å². The first-order valence-corrected chi connectivity index (χ1v) is 3.98. The molecule has 3 nitrogen and oxygen atoms in total. The summed E-state index contributed by atoms with van der Waals surface area (Å²) in [6.45, 7) is -5.69. The van der Waals surface area contributed by atoms with Crippen LogP contribution in [0.3, 0.4) is 0 Å². The topological polar surface area (TPSA) is 49.3 Å². The van der Waals surface area contributed by atoms with Gasteiger partial charge >= 0.3 is 0 Å². The highest BCUT2D eigenvalue weighted by Gasteiger charge is 2.36. The molecule has 0 aliphatic carbocycles. The fourth-order valence-corrected chi connectivity index (χ4v) is 1.40. The van der Waals surface area contributed by atoms with Crippen LogP contribution in [0.5, 0.6) is 0 Å². The van der Waals surface area contributed by atoms with Crippen molar-refractivity contribution in [3.8, 4) is 0 Å². The molecule has 12 heavy (non-hydrogen) atoms. The predicted molar refractivity (Wildman–Crippen MR) is 46.6 cm³/mol. The summed E-state index contributed by atoms with van der Waals surface area (Å²) >= 11 is 0. The summed E-state index contributed by atoms with van der Waals surface area (Å²) in [5.41, 5.74) is -2.17. The summed E-state index contributed by atoms with van der Waals surface area (Å²) in [5, 5.41) is 10.9. The Morgan fingerprint density at radius 2 is 2.58 bits per heavy atom. The maximum Gasteiger partial charge on any atom is 0.223 e. The van der Waals surface area contributed by atoms with Crippen molar-refractivity contribution >= 4 is 5.91 Å². The van der Waals surface area contributed by atoms with Crippen LogP contribution in [-0.4, -0.2) is 23.2 Å². The molecule has 1 atom stereocenters. The number of aliphatic hydroxyl groups excluding tert-OH is 1. The number of carbonyl (C=O) groups is 1. The van der Waals surface area contributed by atoms with Gasteiger partial charge in [-0.15, -0.1) is 0 Å². The summed E-state index contributed by atoms with van der Waals surface area (Å²) in [5.74, 6) is -1.23. The largest absolute Gasteiger partial charge is 0.396 e. The lowest BCUT2D eigenvalue weighted by Crippen LogP contribution is -2.34. The summed E-state index contributed by atoms with van der Waals surface area (Å²) in [6, 6.07) is 0. The number of hydrogen-bond donors (Lipinski definition) is 2. The van der Waals surface area contributed by atoms with Crippen molar-refractivity contribution in [1.29, 1.82) is 0 Å². The van der Waals surface area contributed by atoms with Crippen LogP contribution < -0.4 is 5.32 Å². The Labute approximate surface area is 81.6 Å². The molecule has 1 unspecified atom stereocenters. The molecule has 0 radical (unpaired) electrons. The van der Waals surface area contributed by atoms with Gasteiger partial charge in [-0.05, 0) is 33.0 Å². The van der Waals surface area contributed by atoms with E-state index in [2.05, 4.69) is 5.32 Å². The standard InChI is InChI=1S/C9H17NO2/c1-9(2)6-7(4-3-5-11)8(12)10-9/h7,11H,3-6H2,1-2H3,(H,10,12)/i1D3,2D3. The first-order valence-electron chi connectivity index (χ1n) is 6.98. The fourth-order valence-electron chi connectivity index (χ4n) is 1.40. The van der Waals surface area contributed by atoms with E-state index in [1.165, 1.54) is 0 Å². The van der Waals surface area contributed by atoms with E-state index in [1.54, 1.807) is 0 Å². The molecule has 2 N–H and O–H groups in total. The molecule has 1 aliphatic rings. The van der Waals surface area contributed by atoms with Crippen molar-refractivity contribution in [3.05, 3.63) is 0 Å². The quantitative estimate of drug-likeness (QED) is 0.666.